The highest BCUT2D eigenvalue weighted by atomic mass is 32.2. The molecular weight excluding hydrogens is 407 g/mol. The molecule has 0 aliphatic carbocycles. The predicted octanol–water partition coefficient (Wildman–Crippen LogP) is 3.52. The monoisotopic (exact) mass is 436 g/mol. The number of nitrogens with one attached hydrogen (secondary N) is 1. The van der Waals surface area contributed by atoms with Crippen LogP contribution in [0.15, 0.2) is 48.5 Å². The Morgan fingerprint density at radius 3 is 2.20 bits per heavy atom. The number of aryl methyl sites for hydroxylation is 1. The van der Waals surface area contributed by atoms with Crippen molar-refractivity contribution in [2.24, 2.45) is 0 Å². The number of sulfonamides is 1. The summed E-state index contributed by atoms with van der Waals surface area (Å²) in [5.41, 5.74) is 1.36. The summed E-state index contributed by atoms with van der Waals surface area (Å²) >= 11 is 0. The molecule has 2 aromatic rings. The smallest absolute Gasteiger partial charge is 0.243 e. The molecule has 0 aromatic heterocycles. The van der Waals surface area contributed by atoms with Gasteiger partial charge in [0.1, 0.15) is 17.6 Å². The summed E-state index contributed by atoms with van der Waals surface area (Å²) in [6, 6.07) is 11.9. The lowest BCUT2D eigenvalue weighted by atomic mass is 10.1. The largest absolute Gasteiger partial charge is 0.491 e. The van der Waals surface area contributed by atoms with Crippen molar-refractivity contribution in [3.05, 3.63) is 59.9 Å². The van der Waals surface area contributed by atoms with Crippen molar-refractivity contribution in [2.75, 3.05) is 17.1 Å². The van der Waals surface area contributed by atoms with E-state index in [1.54, 1.807) is 0 Å². The lowest BCUT2D eigenvalue weighted by Gasteiger charge is -2.28. The Hall–Kier alpha value is -2.61. The van der Waals surface area contributed by atoms with Crippen LogP contribution in [0.4, 0.5) is 10.1 Å². The zero-order valence-electron chi connectivity index (χ0n) is 17.8. The molecule has 30 heavy (non-hydrogen) atoms. The Labute approximate surface area is 178 Å². The number of halogens is 1. The van der Waals surface area contributed by atoms with E-state index in [0.29, 0.717) is 13.0 Å². The second-order valence-electron chi connectivity index (χ2n) is 7.42. The first-order valence-electron chi connectivity index (χ1n) is 9.86. The van der Waals surface area contributed by atoms with Crippen LogP contribution in [0.2, 0.25) is 0 Å². The minimum Gasteiger partial charge on any atom is -0.491 e. The summed E-state index contributed by atoms with van der Waals surface area (Å²) in [5.74, 6) is -0.0731. The van der Waals surface area contributed by atoms with Gasteiger partial charge in [-0.15, -0.1) is 0 Å². The third-order valence-electron chi connectivity index (χ3n) is 4.41. The van der Waals surface area contributed by atoms with E-state index in [9.17, 15) is 17.6 Å². The summed E-state index contributed by atoms with van der Waals surface area (Å²) in [6.45, 7) is 5.86. The summed E-state index contributed by atoms with van der Waals surface area (Å²) in [4.78, 5) is 12.5. The Morgan fingerprint density at radius 1 is 1.07 bits per heavy atom. The fourth-order valence-electron chi connectivity index (χ4n) is 3.06. The van der Waals surface area contributed by atoms with Gasteiger partial charge in [-0.05, 0) is 75.6 Å². The van der Waals surface area contributed by atoms with Crippen LogP contribution >= 0.6 is 0 Å². The molecule has 2 rings (SSSR count). The van der Waals surface area contributed by atoms with Crippen LogP contribution in [0.1, 0.15) is 32.8 Å². The molecule has 0 aliphatic heterocycles. The number of ether oxygens (including phenoxy) is 1. The number of hydrogen-bond donors (Lipinski definition) is 1. The molecule has 0 bridgehead atoms. The molecular formula is C22H29FN2O4S. The molecule has 0 fully saturated rings. The quantitative estimate of drug-likeness (QED) is 0.578. The van der Waals surface area contributed by atoms with Gasteiger partial charge in [-0.2, -0.15) is 0 Å². The third-order valence-corrected chi connectivity index (χ3v) is 5.65. The van der Waals surface area contributed by atoms with Crippen LogP contribution < -0.4 is 14.4 Å². The molecule has 1 unspecified atom stereocenters. The van der Waals surface area contributed by atoms with E-state index in [-0.39, 0.29) is 11.8 Å². The van der Waals surface area contributed by atoms with Crippen LogP contribution in [0.25, 0.3) is 0 Å². The number of amides is 1. The highest BCUT2D eigenvalue weighted by molar-refractivity contribution is 7.92. The highest BCUT2D eigenvalue weighted by Gasteiger charge is 2.28. The summed E-state index contributed by atoms with van der Waals surface area (Å²) in [5, 5.41) is 2.78. The Balaban J connectivity index is 1.90. The second-order valence-corrected chi connectivity index (χ2v) is 9.28. The Bertz CT molecular complexity index is 929. The molecule has 6 nitrogen and oxygen atoms in total. The molecule has 2 aromatic carbocycles. The van der Waals surface area contributed by atoms with Crippen molar-refractivity contribution >= 4 is 21.6 Å². The average Bonchev–Trinajstić information content (AvgIpc) is 2.66. The molecule has 0 saturated carbocycles. The summed E-state index contributed by atoms with van der Waals surface area (Å²) in [6.07, 6.45) is 2.62. The van der Waals surface area contributed by atoms with E-state index in [1.165, 1.54) is 19.1 Å². The maximum absolute atomic E-state index is 13.2. The lowest BCUT2D eigenvalue weighted by Crippen LogP contribution is -2.48. The van der Waals surface area contributed by atoms with Crippen molar-refractivity contribution in [1.82, 2.24) is 5.32 Å². The van der Waals surface area contributed by atoms with Crippen LogP contribution in [0, 0.1) is 5.82 Å². The van der Waals surface area contributed by atoms with Gasteiger partial charge in [-0.3, -0.25) is 9.10 Å². The summed E-state index contributed by atoms with van der Waals surface area (Å²) in [7, 11) is -3.72. The molecule has 0 spiro atoms. The van der Waals surface area contributed by atoms with Crippen molar-refractivity contribution in [3.63, 3.8) is 0 Å². The first kappa shape index (κ1) is 23.7. The van der Waals surface area contributed by atoms with Crippen LogP contribution in [0.3, 0.4) is 0 Å². The van der Waals surface area contributed by atoms with Gasteiger partial charge in [-0.1, -0.05) is 12.1 Å². The fourth-order valence-corrected chi connectivity index (χ4v) is 4.23. The standard InChI is InChI=1S/C22H29FN2O4S/c1-16(2)29-21-13-7-18(8-14-21)6-5-15-24-22(26)17(3)25(30(4,27)28)20-11-9-19(23)10-12-20/h7-14,16-17H,5-6,15H2,1-4H3,(H,24,26). The van der Waals surface area contributed by atoms with E-state index in [4.69, 9.17) is 4.74 Å². The van der Waals surface area contributed by atoms with Gasteiger partial charge in [0.05, 0.1) is 18.0 Å². The SMILES string of the molecule is CC(C)Oc1ccc(CCCNC(=O)C(C)N(c2ccc(F)cc2)S(C)(=O)=O)cc1. The van der Waals surface area contributed by atoms with E-state index in [1.807, 2.05) is 38.1 Å². The molecule has 0 saturated heterocycles. The van der Waals surface area contributed by atoms with Gasteiger partial charge in [0.2, 0.25) is 15.9 Å². The molecule has 0 heterocycles. The minimum absolute atomic E-state index is 0.120. The average molecular weight is 437 g/mol. The number of hydrogen-bond acceptors (Lipinski definition) is 4. The first-order chi connectivity index (χ1) is 14.1. The van der Waals surface area contributed by atoms with Gasteiger partial charge in [0, 0.05) is 6.54 Å². The fraction of sp³-hybridized carbons (Fsp3) is 0.409. The van der Waals surface area contributed by atoms with Crippen LogP contribution in [-0.4, -0.2) is 39.3 Å². The van der Waals surface area contributed by atoms with E-state index in [0.717, 1.165) is 40.4 Å². The number of nitrogens with zero attached hydrogens (tertiary/aromatic N) is 1. The van der Waals surface area contributed by atoms with Gasteiger partial charge in [0.15, 0.2) is 0 Å². The summed E-state index contributed by atoms with van der Waals surface area (Å²) < 4.78 is 44.2. The molecule has 1 amide bonds. The lowest BCUT2D eigenvalue weighted by molar-refractivity contribution is -0.121. The van der Waals surface area contributed by atoms with Gasteiger partial charge < -0.3 is 10.1 Å². The van der Waals surface area contributed by atoms with Crippen molar-refractivity contribution in [2.45, 2.75) is 45.8 Å². The number of carbonyl (C=O) groups excluding carboxylic acids is 1. The van der Waals surface area contributed by atoms with Gasteiger partial charge >= 0.3 is 0 Å². The maximum atomic E-state index is 13.2. The first-order valence-corrected chi connectivity index (χ1v) is 11.7. The maximum Gasteiger partial charge on any atom is 0.243 e. The molecule has 0 radical (unpaired) electrons. The molecule has 1 atom stereocenters. The minimum atomic E-state index is -3.72. The number of rotatable bonds is 10. The van der Waals surface area contributed by atoms with E-state index < -0.39 is 27.8 Å². The van der Waals surface area contributed by atoms with Crippen molar-refractivity contribution < 1.29 is 22.3 Å². The van der Waals surface area contributed by atoms with Gasteiger partial charge in [0.25, 0.3) is 0 Å². The van der Waals surface area contributed by atoms with Gasteiger partial charge in [-0.25, -0.2) is 12.8 Å². The van der Waals surface area contributed by atoms with E-state index >= 15 is 0 Å². The third kappa shape index (κ3) is 7.02. The highest BCUT2D eigenvalue weighted by Crippen LogP contribution is 2.21. The number of benzene rings is 2. The number of anilines is 1. The Morgan fingerprint density at radius 2 is 1.67 bits per heavy atom. The number of carbonyl (C=O) groups is 1. The molecule has 8 heteroatoms. The molecule has 1 N–H and O–H groups in total. The topological polar surface area (TPSA) is 75.7 Å². The molecule has 164 valence electrons. The normalized spacial score (nSPS) is 12.5. The van der Waals surface area contributed by atoms with Crippen LogP contribution in [-0.2, 0) is 21.2 Å². The second kappa shape index (κ2) is 10.4. The van der Waals surface area contributed by atoms with E-state index in [2.05, 4.69) is 5.32 Å². The zero-order chi connectivity index (χ0) is 22.3. The van der Waals surface area contributed by atoms with Crippen molar-refractivity contribution in [3.8, 4) is 5.75 Å². The Kier molecular flexibility index (Phi) is 8.23. The van der Waals surface area contributed by atoms with Crippen LogP contribution in [0.5, 0.6) is 5.75 Å². The predicted molar refractivity (Wildman–Crippen MR) is 117 cm³/mol. The van der Waals surface area contributed by atoms with Crippen molar-refractivity contribution in [1.29, 1.82) is 0 Å². The molecule has 0 aliphatic rings. The zero-order valence-corrected chi connectivity index (χ0v) is 18.6.